The largest absolute Gasteiger partial charge is 0.487 e. The third-order valence-corrected chi connectivity index (χ3v) is 5.57. The number of fused-ring (bicyclic) bond motifs is 1. The summed E-state index contributed by atoms with van der Waals surface area (Å²) in [5.74, 6) is 0.979. The fraction of sp³-hybridized carbons (Fsp3) is 0.222. The number of carbonyl (C=O) groups excluding carboxylic acids is 1. The van der Waals surface area contributed by atoms with Crippen molar-refractivity contribution in [3.63, 3.8) is 0 Å². The SMILES string of the molecule is Cc1ccn2c(=O)cc(COc3cc(NC(=O)COc4ccc(C)c(C)c4)ccc3C)nc2c1. The maximum absolute atomic E-state index is 12.4. The van der Waals surface area contributed by atoms with Gasteiger partial charge in [-0.05, 0) is 80.3 Å². The second-order valence-electron chi connectivity index (χ2n) is 8.37. The fourth-order valence-corrected chi connectivity index (χ4v) is 3.46. The van der Waals surface area contributed by atoms with Crippen LogP contribution in [-0.4, -0.2) is 21.9 Å². The van der Waals surface area contributed by atoms with E-state index in [0.29, 0.717) is 28.5 Å². The number of amides is 1. The molecule has 0 atom stereocenters. The lowest BCUT2D eigenvalue weighted by Crippen LogP contribution is -2.20. The van der Waals surface area contributed by atoms with Crippen LogP contribution >= 0.6 is 0 Å². The summed E-state index contributed by atoms with van der Waals surface area (Å²) in [4.78, 5) is 29.3. The molecule has 0 saturated heterocycles. The number of nitrogens with zero attached hydrogens (tertiary/aromatic N) is 2. The molecule has 0 spiro atoms. The minimum atomic E-state index is -0.271. The molecule has 1 amide bonds. The molecular formula is C27H27N3O4. The summed E-state index contributed by atoms with van der Waals surface area (Å²) in [5.41, 5.74) is 5.74. The standard InChI is InChI=1S/C27H27N3O4/c1-17-9-10-30-25(11-17)28-22(14-27(30)32)15-34-24-13-21(7-5-19(24)3)29-26(31)16-33-23-8-6-18(2)20(4)12-23/h5-14H,15-16H2,1-4H3,(H,29,31). The average Bonchev–Trinajstić information content (AvgIpc) is 2.80. The van der Waals surface area contributed by atoms with Crippen molar-refractivity contribution in [1.82, 2.24) is 9.38 Å². The van der Waals surface area contributed by atoms with Crippen molar-refractivity contribution in [2.45, 2.75) is 34.3 Å². The van der Waals surface area contributed by atoms with Gasteiger partial charge in [0.25, 0.3) is 11.5 Å². The molecule has 0 bridgehead atoms. The smallest absolute Gasteiger partial charge is 0.262 e. The first-order valence-corrected chi connectivity index (χ1v) is 11.0. The maximum atomic E-state index is 12.4. The fourth-order valence-electron chi connectivity index (χ4n) is 3.46. The van der Waals surface area contributed by atoms with Gasteiger partial charge < -0.3 is 14.8 Å². The number of rotatable bonds is 7. The molecule has 2 heterocycles. The zero-order valence-corrected chi connectivity index (χ0v) is 19.7. The van der Waals surface area contributed by atoms with Gasteiger partial charge in [-0.1, -0.05) is 12.1 Å². The summed E-state index contributed by atoms with van der Waals surface area (Å²) in [6.45, 7) is 7.92. The summed E-state index contributed by atoms with van der Waals surface area (Å²) in [6, 6.07) is 16.3. The molecule has 4 aromatic rings. The molecule has 4 rings (SSSR count). The Balaban J connectivity index is 1.41. The summed E-state index contributed by atoms with van der Waals surface area (Å²) < 4.78 is 13.0. The first kappa shape index (κ1) is 23.0. The Bertz CT molecular complexity index is 1430. The molecule has 0 aliphatic carbocycles. The number of nitrogens with one attached hydrogen (secondary N) is 1. The van der Waals surface area contributed by atoms with Crippen LogP contribution in [0.1, 0.15) is 27.9 Å². The number of hydrogen-bond donors (Lipinski definition) is 1. The van der Waals surface area contributed by atoms with Crippen molar-refractivity contribution in [2.75, 3.05) is 11.9 Å². The number of hydrogen-bond acceptors (Lipinski definition) is 5. The predicted octanol–water partition coefficient (Wildman–Crippen LogP) is 4.52. The zero-order valence-electron chi connectivity index (χ0n) is 19.7. The molecule has 1 N–H and O–H groups in total. The zero-order chi connectivity index (χ0) is 24.2. The van der Waals surface area contributed by atoms with Crippen LogP contribution in [0.4, 0.5) is 5.69 Å². The van der Waals surface area contributed by atoms with Crippen LogP contribution in [0, 0.1) is 27.7 Å². The molecule has 0 saturated carbocycles. The average molecular weight is 458 g/mol. The van der Waals surface area contributed by atoms with E-state index in [1.54, 1.807) is 18.3 Å². The molecule has 34 heavy (non-hydrogen) atoms. The highest BCUT2D eigenvalue weighted by atomic mass is 16.5. The van der Waals surface area contributed by atoms with E-state index in [-0.39, 0.29) is 24.7 Å². The van der Waals surface area contributed by atoms with E-state index in [9.17, 15) is 9.59 Å². The molecule has 0 fully saturated rings. The second kappa shape index (κ2) is 9.79. The van der Waals surface area contributed by atoms with E-state index in [4.69, 9.17) is 9.47 Å². The third kappa shape index (κ3) is 5.43. The van der Waals surface area contributed by atoms with Crippen LogP contribution in [0.15, 0.2) is 65.6 Å². The van der Waals surface area contributed by atoms with E-state index in [1.807, 2.05) is 64.1 Å². The van der Waals surface area contributed by atoms with Crippen molar-refractivity contribution in [2.24, 2.45) is 0 Å². The van der Waals surface area contributed by atoms with Crippen molar-refractivity contribution >= 4 is 17.2 Å². The van der Waals surface area contributed by atoms with E-state index >= 15 is 0 Å². The second-order valence-corrected chi connectivity index (χ2v) is 8.37. The lowest BCUT2D eigenvalue weighted by Gasteiger charge is -2.13. The van der Waals surface area contributed by atoms with Crippen molar-refractivity contribution in [3.05, 3.63) is 99.1 Å². The Labute approximate surface area is 198 Å². The first-order valence-electron chi connectivity index (χ1n) is 11.0. The predicted molar refractivity (Wildman–Crippen MR) is 132 cm³/mol. The Hall–Kier alpha value is -4.13. The number of benzene rings is 2. The van der Waals surface area contributed by atoms with Gasteiger partial charge in [0.1, 0.15) is 23.8 Å². The number of anilines is 1. The lowest BCUT2D eigenvalue weighted by molar-refractivity contribution is -0.118. The van der Waals surface area contributed by atoms with Crippen LogP contribution in [0.2, 0.25) is 0 Å². The molecule has 7 nitrogen and oxygen atoms in total. The molecule has 0 aliphatic rings. The van der Waals surface area contributed by atoms with Crippen LogP contribution in [0.25, 0.3) is 5.65 Å². The van der Waals surface area contributed by atoms with Crippen LogP contribution < -0.4 is 20.3 Å². The highest BCUT2D eigenvalue weighted by molar-refractivity contribution is 5.92. The molecule has 0 radical (unpaired) electrons. The van der Waals surface area contributed by atoms with E-state index in [1.165, 1.54) is 16.0 Å². The molecule has 0 aliphatic heterocycles. The molecular weight excluding hydrogens is 430 g/mol. The van der Waals surface area contributed by atoms with Gasteiger partial charge >= 0.3 is 0 Å². The molecule has 2 aromatic carbocycles. The van der Waals surface area contributed by atoms with Gasteiger partial charge in [-0.2, -0.15) is 0 Å². The third-order valence-electron chi connectivity index (χ3n) is 5.57. The Morgan fingerprint density at radius 1 is 0.912 bits per heavy atom. The quantitative estimate of drug-likeness (QED) is 0.441. The van der Waals surface area contributed by atoms with Gasteiger partial charge in [-0.25, -0.2) is 4.98 Å². The van der Waals surface area contributed by atoms with Crippen molar-refractivity contribution in [3.8, 4) is 11.5 Å². The van der Waals surface area contributed by atoms with Crippen molar-refractivity contribution < 1.29 is 14.3 Å². The van der Waals surface area contributed by atoms with Gasteiger partial charge in [0.15, 0.2) is 6.61 Å². The van der Waals surface area contributed by atoms with E-state index in [2.05, 4.69) is 10.3 Å². The minimum Gasteiger partial charge on any atom is -0.487 e. The van der Waals surface area contributed by atoms with E-state index < -0.39 is 0 Å². The van der Waals surface area contributed by atoms with Crippen LogP contribution in [0.3, 0.4) is 0 Å². The molecule has 2 aromatic heterocycles. The normalized spacial score (nSPS) is 10.8. The van der Waals surface area contributed by atoms with Gasteiger partial charge in [0.05, 0.1) is 5.69 Å². The van der Waals surface area contributed by atoms with Crippen LogP contribution in [0.5, 0.6) is 11.5 Å². The van der Waals surface area contributed by atoms with E-state index in [0.717, 1.165) is 16.7 Å². The van der Waals surface area contributed by atoms with Crippen LogP contribution in [-0.2, 0) is 11.4 Å². The van der Waals surface area contributed by atoms with Crippen molar-refractivity contribution in [1.29, 1.82) is 0 Å². The number of aromatic nitrogens is 2. The summed E-state index contributed by atoms with van der Waals surface area (Å²) in [7, 11) is 0. The lowest BCUT2D eigenvalue weighted by atomic mass is 10.1. The monoisotopic (exact) mass is 457 g/mol. The maximum Gasteiger partial charge on any atom is 0.262 e. The number of ether oxygens (including phenoxy) is 2. The molecule has 0 unspecified atom stereocenters. The highest BCUT2D eigenvalue weighted by Gasteiger charge is 2.09. The first-order chi connectivity index (χ1) is 16.3. The summed E-state index contributed by atoms with van der Waals surface area (Å²) in [5, 5.41) is 2.83. The molecule has 7 heteroatoms. The van der Waals surface area contributed by atoms with Gasteiger partial charge in [-0.3, -0.25) is 14.0 Å². The minimum absolute atomic E-state index is 0.100. The molecule has 174 valence electrons. The Kier molecular flexibility index (Phi) is 6.63. The van der Waals surface area contributed by atoms with Gasteiger partial charge in [0.2, 0.25) is 0 Å². The topological polar surface area (TPSA) is 81.9 Å². The number of pyridine rings is 1. The number of aryl methyl sites for hydroxylation is 4. The number of carbonyl (C=O) groups is 1. The Morgan fingerprint density at radius 2 is 1.71 bits per heavy atom. The van der Waals surface area contributed by atoms with Gasteiger partial charge in [-0.15, -0.1) is 0 Å². The summed E-state index contributed by atoms with van der Waals surface area (Å²) in [6.07, 6.45) is 1.71. The highest BCUT2D eigenvalue weighted by Crippen LogP contribution is 2.24. The summed E-state index contributed by atoms with van der Waals surface area (Å²) >= 11 is 0. The van der Waals surface area contributed by atoms with Gasteiger partial charge in [0, 0.05) is 24.0 Å². The Morgan fingerprint density at radius 3 is 2.50 bits per heavy atom.